The van der Waals surface area contributed by atoms with Crippen LogP contribution in [-0.2, 0) is 4.79 Å². The summed E-state index contributed by atoms with van der Waals surface area (Å²) < 4.78 is 0. The number of hydrogen-bond donors (Lipinski definition) is 0. The molecule has 1 aromatic rings. The van der Waals surface area contributed by atoms with Crippen LogP contribution in [-0.4, -0.2) is 34.5 Å². The van der Waals surface area contributed by atoms with Crippen molar-refractivity contribution in [2.75, 3.05) is 11.6 Å². The Bertz CT molecular complexity index is 477. The molecular weight excluding hydrogens is 246 g/mol. The monoisotopic (exact) mass is 263 g/mol. The highest BCUT2D eigenvalue weighted by atomic mass is 16.6. The normalized spacial score (nSPS) is 22.6. The summed E-state index contributed by atoms with van der Waals surface area (Å²) in [7, 11) is 0. The van der Waals surface area contributed by atoms with Gasteiger partial charge in [-0.15, -0.1) is 0 Å². The number of nitro groups is 1. The molecule has 1 aliphatic heterocycles. The standard InChI is InChI=1S/C13H17N3O3/c1-10-8-13(9-14(18)19)16(11(2)17)15(10)12-6-4-3-5-7-12/h3-7,10,13H,8-9H2,1-2H3/t10-,13+/m0/s1. The molecular formula is C13H17N3O3. The Balaban J connectivity index is 2.31. The van der Waals surface area contributed by atoms with Gasteiger partial charge >= 0.3 is 0 Å². The van der Waals surface area contributed by atoms with Crippen LogP contribution < -0.4 is 5.01 Å². The van der Waals surface area contributed by atoms with E-state index in [4.69, 9.17) is 0 Å². The maximum atomic E-state index is 11.8. The van der Waals surface area contributed by atoms with Gasteiger partial charge in [0.25, 0.3) is 0 Å². The Morgan fingerprint density at radius 2 is 2.05 bits per heavy atom. The number of amides is 1. The maximum absolute atomic E-state index is 11.8. The van der Waals surface area contributed by atoms with E-state index in [2.05, 4.69) is 0 Å². The average molecular weight is 263 g/mol. The molecule has 0 bridgehead atoms. The van der Waals surface area contributed by atoms with Crippen molar-refractivity contribution in [3.05, 3.63) is 40.4 Å². The second-order valence-electron chi connectivity index (χ2n) is 4.80. The molecule has 0 saturated carbocycles. The Kier molecular flexibility index (Phi) is 3.69. The van der Waals surface area contributed by atoms with Crippen LogP contribution in [0.5, 0.6) is 0 Å². The quantitative estimate of drug-likeness (QED) is 0.615. The van der Waals surface area contributed by atoms with Crippen molar-refractivity contribution in [2.24, 2.45) is 0 Å². The maximum Gasteiger partial charge on any atom is 0.238 e. The molecule has 6 heteroatoms. The molecule has 6 nitrogen and oxygen atoms in total. The molecule has 0 aliphatic carbocycles. The minimum absolute atomic E-state index is 0.0660. The van der Waals surface area contributed by atoms with Crippen molar-refractivity contribution in [1.29, 1.82) is 0 Å². The minimum Gasteiger partial charge on any atom is -0.280 e. The van der Waals surface area contributed by atoms with Crippen LogP contribution in [0.25, 0.3) is 0 Å². The largest absolute Gasteiger partial charge is 0.280 e. The van der Waals surface area contributed by atoms with E-state index < -0.39 is 0 Å². The minimum atomic E-state index is -0.372. The van der Waals surface area contributed by atoms with Gasteiger partial charge in [0.2, 0.25) is 12.5 Å². The summed E-state index contributed by atoms with van der Waals surface area (Å²) >= 11 is 0. The third kappa shape index (κ3) is 2.67. The van der Waals surface area contributed by atoms with Crippen molar-refractivity contribution in [1.82, 2.24) is 5.01 Å². The Hall–Kier alpha value is -2.11. The van der Waals surface area contributed by atoms with Gasteiger partial charge in [-0.3, -0.25) is 19.9 Å². The van der Waals surface area contributed by atoms with Crippen LogP contribution in [0.1, 0.15) is 20.3 Å². The second-order valence-corrected chi connectivity index (χ2v) is 4.80. The summed E-state index contributed by atoms with van der Waals surface area (Å²) in [6, 6.07) is 9.18. The van der Waals surface area contributed by atoms with E-state index in [9.17, 15) is 14.9 Å². The highest BCUT2D eigenvalue weighted by Crippen LogP contribution is 2.30. The van der Waals surface area contributed by atoms with Crippen LogP contribution in [0.15, 0.2) is 30.3 Å². The molecule has 102 valence electrons. The second kappa shape index (κ2) is 5.26. The van der Waals surface area contributed by atoms with E-state index >= 15 is 0 Å². The summed E-state index contributed by atoms with van der Waals surface area (Å²) in [4.78, 5) is 22.2. The van der Waals surface area contributed by atoms with Crippen LogP contribution in [0.2, 0.25) is 0 Å². The number of nitrogens with zero attached hydrogens (tertiary/aromatic N) is 3. The Morgan fingerprint density at radius 1 is 1.42 bits per heavy atom. The molecule has 1 saturated heterocycles. The van der Waals surface area contributed by atoms with E-state index in [-0.39, 0.29) is 29.5 Å². The third-order valence-corrected chi connectivity index (χ3v) is 3.31. The zero-order chi connectivity index (χ0) is 14.0. The topological polar surface area (TPSA) is 66.7 Å². The molecule has 19 heavy (non-hydrogen) atoms. The molecule has 0 radical (unpaired) electrons. The van der Waals surface area contributed by atoms with Crippen LogP contribution in [0, 0.1) is 10.1 Å². The molecule has 0 unspecified atom stereocenters. The first-order valence-corrected chi connectivity index (χ1v) is 6.26. The van der Waals surface area contributed by atoms with E-state index in [1.165, 1.54) is 11.9 Å². The number of hydrogen-bond acceptors (Lipinski definition) is 4. The number of hydrazine groups is 1. The number of carbonyl (C=O) groups excluding carboxylic acids is 1. The fourth-order valence-corrected chi connectivity index (χ4v) is 2.67. The van der Waals surface area contributed by atoms with Crippen LogP contribution in [0.3, 0.4) is 0 Å². The number of anilines is 1. The molecule has 1 amide bonds. The number of para-hydroxylation sites is 1. The molecule has 1 heterocycles. The van der Waals surface area contributed by atoms with Gasteiger partial charge < -0.3 is 0 Å². The van der Waals surface area contributed by atoms with Gasteiger partial charge in [0.05, 0.1) is 11.7 Å². The molecule has 1 aromatic carbocycles. The predicted molar refractivity (Wildman–Crippen MR) is 71.2 cm³/mol. The average Bonchev–Trinajstić information content (AvgIpc) is 2.66. The van der Waals surface area contributed by atoms with Crippen molar-refractivity contribution >= 4 is 11.6 Å². The lowest BCUT2D eigenvalue weighted by atomic mass is 10.1. The summed E-state index contributed by atoms with van der Waals surface area (Å²) in [5.74, 6) is -0.167. The van der Waals surface area contributed by atoms with Gasteiger partial charge in [-0.05, 0) is 25.5 Å². The van der Waals surface area contributed by atoms with Crippen molar-refractivity contribution in [3.63, 3.8) is 0 Å². The Morgan fingerprint density at radius 3 is 2.58 bits per heavy atom. The molecule has 0 N–H and O–H groups in total. The van der Waals surface area contributed by atoms with Crippen molar-refractivity contribution < 1.29 is 9.72 Å². The van der Waals surface area contributed by atoms with Gasteiger partial charge in [-0.25, -0.2) is 5.01 Å². The highest BCUT2D eigenvalue weighted by Gasteiger charge is 2.41. The molecule has 2 atom stereocenters. The lowest BCUT2D eigenvalue weighted by Gasteiger charge is -2.33. The van der Waals surface area contributed by atoms with Crippen LogP contribution in [0.4, 0.5) is 5.69 Å². The highest BCUT2D eigenvalue weighted by molar-refractivity contribution is 5.76. The molecule has 1 fully saturated rings. The summed E-state index contributed by atoms with van der Waals surface area (Å²) in [5.41, 5.74) is 0.885. The zero-order valence-electron chi connectivity index (χ0n) is 11.0. The molecule has 1 aliphatic rings. The smallest absolute Gasteiger partial charge is 0.238 e. The van der Waals surface area contributed by atoms with Crippen molar-refractivity contribution in [3.8, 4) is 0 Å². The van der Waals surface area contributed by atoms with Gasteiger partial charge in [0.15, 0.2) is 0 Å². The number of rotatable bonds is 3. The lowest BCUT2D eigenvalue weighted by molar-refractivity contribution is -0.485. The summed E-state index contributed by atoms with van der Waals surface area (Å²) in [6.07, 6.45) is 0.607. The zero-order valence-corrected chi connectivity index (χ0v) is 11.0. The first-order valence-electron chi connectivity index (χ1n) is 6.26. The number of benzene rings is 1. The van der Waals surface area contributed by atoms with Gasteiger partial charge in [-0.2, -0.15) is 0 Å². The molecule has 2 rings (SSSR count). The number of carbonyl (C=O) groups is 1. The van der Waals surface area contributed by atoms with Gasteiger partial charge in [-0.1, -0.05) is 18.2 Å². The van der Waals surface area contributed by atoms with E-state index in [0.717, 1.165) is 5.69 Å². The first kappa shape index (κ1) is 13.3. The third-order valence-electron chi connectivity index (χ3n) is 3.31. The first-order chi connectivity index (χ1) is 9.00. The van der Waals surface area contributed by atoms with Crippen LogP contribution >= 0.6 is 0 Å². The fraction of sp³-hybridized carbons (Fsp3) is 0.462. The van der Waals surface area contributed by atoms with Crippen molar-refractivity contribution in [2.45, 2.75) is 32.4 Å². The van der Waals surface area contributed by atoms with E-state index in [1.807, 2.05) is 42.3 Å². The van der Waals surface area contributed by atoms with Gasteiger partial charge in [0, 0.05) is 11.8 Å². The SMILES string of the molecule is CC(=O)N1[C@@H](C[N+](=O)[O-])C[C@H](C)N1c1ccccc1. The Labute approximate surface area is 111 Å². The molecule has 0 spiro atoms. The fourth-order valence-electron chi connectivity index (χ4n) is 2.67. The molecule has 0 aromatic heterocycles. The predicted octanol–water partition coefficient (Wildman–Crippen LogP) is 1.69. The summed E-state index contributed by atoms with van der Waals surface area (Å²) in [6.45, 7) is 3.21. The van der Waals surface area contributed by atoms with E-state index in [1.54, 1.807) is 0 Å². The lowest BCUT2D eigenvalue weighted by Crippen LogP contribution is -2.48. The summed E-state index contributed by atoms with van der Waals surface area (Å²) in [5, 5.41) is 14.1. The van der Waals surface area contributed by atoms with Gasteiger partial charge in [0.1, 0.15) is 6.04 Å². The van der Waals surface area contributed by atoms with E-state index in [0.29, 0.717) is 6.42 Å².